The quantitative estimate of drug-likeness (QED) is 0.929. The summed E-state index contributed by atoms with van der Waals surface area (Å²) in [4.78, 5) is 0. The fourth-order valence-electron chi connectivity index (χ4n) is 1.38. The van der Waals surface area contributed by atoms with Crippen molar-refractivity contribution >= 4 is 31.5 Å². The van der Waals surface area contributed by atoms with Gasteiger partial charge in [-0.1, -0.05) is 6.07 Å². The Balaban J connectivity index is 2.81. The average Bonchev–Trinajstić information content (AvgIpc) is 2.08. The van der Waals surface area contributed by atoms with Crippen molar-refractivity contribution in [1.82, 2.24) is 0 Å². The van der Waals surface area contributed by atoms with E-state index >= 15 is 0 Å². The van der Waals surface area contributed by atoms with Crippen LogP contribution in [0.5, 0.6) is 0 Å². The Labute approximate surface area is 103 Å². The monoisotopic (exact) mass is 309 g/mol. The van der Waals surface area contributed by atoms with E-state index in [4.69, 9.17) is 0 Å². The van der Waals surface area contributed by atoms with Crippen LogP contribution in [0.15, 0.2) is 22.7 Å². The minimum absolute atomic E-state index is 0.0340. The van der Waals surface area contributed by atoms with Crippen molar-refractivity contribution in [2.45, 2.75) is 13.0 Å². The molecule has 1 unspecified atom stereocenters. The van der Waals surface area contributed by atoms with Crippen LogP contribution in [0.4, 0.5) is 10.1 Å². The number of rotatable bonds is 4. The van der Waals surface area contributed by atoms with Crippen LogP contribution in [-0.2, 0) is 9.84 Å². The molecule has 1 aromatic rings. The molecule has 0 fully saturated rings. The van der Waals surface area contributed by atoms with Gasteiger partial charge in [0, 0.05) is 16.8 Å². The number of para-hydroxylation sites is 1. The van der Waals surface area contributed by atoms with Crippen molar-refractivity contribution in [3.8, 4) is 0 Å². The molecule has 0 heterocycles. The van der Waals surface area contributed by atoms with Gasteiger partial charge in [-0.25, -0.2) is 12.8 Å². The maximum atomic E-state index is 13.4. The fourth-order valence-corrected chi connectivity index (χ4v) is 2.83. The maximum Gasteiger partial charge on any atom is 0.149 e. The molecule has 0 amide bonds. The lowest BCUT2D eigenvalue weighted by atomic mass is 10.3. The molecule has 0 radical (unpaired) electrons. The van der Waals surface area contributed by atoms with Crippen LogP contribution in [0.3, 0.4) is 0 Å². The first-order valence-electron chi connectivity index (χ1n) is 4.68. The average molecular weight is 310 g/mol. The molecule has 0 spiro atoms. The summed E-state index contributed by atoms with van der Waals surface area (Å²) in [6.07, 6.45) is 1.15. The molecule has 0 saturated carbocycles. The van der Waals surface area contributed by atoms with E-state index in [-0.39, 0.29) is 11.8 Å². The van der Waals surface area contributed by atoms with E-state index in [2.05, 4.69) is 21.2 Å². The second-order valence-electron chi connectivity index (χ2n) is 3.73. The molecule has 1 aromatic carbocycles. The molecule has 16 heavy (non-hydrogen) atoms. The van der Waals surface area contributed by atoms with Crippen molar-refractivity contribution in [2.75, 3.05) is 17.3 Å². The van der Waals surface area contributed by atoms with Gasteiger partial charge in [0.15, 0.2) is 0 Å². The fraction of sp³-hybridized carbons (Fsp3) is 0.400. The van der Waals surface area contributed by atoms with Gasteiger partial charge in [0.1, 0.15) is 15.7 Å². The van der Waals surface area contributed by atoms with E-state index in [1.807, 2.05) is 0 Å². The third kappa shape index (κ3) is 4.09. The van der Waals surface area contributed by atoms with E-state index in [1.54, 1.807) is 19.1 Å². The highest BCUT2D eigenvalue weighted by Crippen LogP contribution is 2.25. The van der Waals surface area contributed by atoms with E-state index in [0.29, 0.717) is 10.2 Å². The van der Waals surface area contributed by atoms with Gasteiger partial charge in [-0.15, -0.1) is 0 Å². The smallest absolute Gasteiger partial charge is 0.149 e. The summed E-state index contributed by atoms with van der Waals surface area (Å²) in [6, 6.07) is 4.24. The van der Waals surface area contributed by atoms with E-state index in [0.717, 1.165) is 6.26 Å². The first kappa shape index (κ1) is 13.4. The SMILES string of the molecule is CC(CS(C)(=O)=O)Nc1c(F)cccc1Br. The summed E-state index contributed by atoms with van der Waals surface area (Å²) in [6.45, 7) is 1.69. The number of benzene rings is 1. The molecule has 0 saturated heterocycles. The Morgan fingerprint density at radius 1 is 1.50 bits per heavy atom. The largest absolute Gasteiger partial charge is 0.378 e. The van der Waals surface area contributed by atoms with E-state index in [9.17, 15) is 12.8 Å². The summed E-state index contributed by atoms with van der Waals surface area (Å²) in [7, 11) is -3.07. The van der Waals surface area contributed by atoms with Crippen molar-refractivity contribution in [3.05, 3.63) is 28.5 Å². The minimum Gasteiger partial charge on any atom is -0.378 e. The van der Waals surface area contributed by atoms with E-state index < -0.39 is 15.7 Å². The Hall–Kier alpha value is -0.620. The zero-order valence-corrected chi connectivity index (χ0v) is 11.4. The van der Waals surface area contributed by atoms with Gasteiger partial charge >= 0.3 is 0 Å². The summed E-state index contributed by atoms with van der Waals surface area (Å²) in [5.41, 5.74) is 0.290. The molecule has 0 aliphatic heterocycles. The summed E-state index contributed by atoms with van der Waals surface area (Å²) < 4.78 is 36.1. The minimum atomic E-state index is -3.07. The standard InChI is InChI=1S/C10H13BrFNO2S/c1-7(6-16(2,14)15)13-10-8(11)4-3-5-9(10)12/h3-5,7,13H,6H2,1-2H3. The topological polar surface area (TPSA) is 46.2 Å². The van der Waals surface area contributed by atoms with Crippen LogP contribution in [0.2, 0.25) is 0 Å². The first-order chi connectivity index (χ1) is 7.29. The summed E-state index contributed by atoms with van der Waals surface area (Å²) >= 11 is 3.20. The van der Waals surface area contributed by atoms with Crippen molar-refractivity contribution in [3.63, 3.8) is 0 Å². The summed E-state index contributed by atoms with van der Waals surface area (Å²) in [5.74, 6) is -0.442. The van der Waals surface area contributed by atoms with Crippen LogP contribution in [0.25, 0.3) is 0 Å². The van der Waals surface area contributed by atoms with Gasteiger partial charge in [-0.3, -0.25) is 0 Å². The highest BCUT2D eigenvalue weighted by Gasteiger charge is 2.13. The molecule has 1 atom stereocenters. The normalized spacial score (nSPS) is 13.5. The predicted octanol–water partition coefficient (Wildman–Crippen LogP) is 2.43. The van der Waals surface area contributed by atoms with Gasteiger partial charge in [0.05, 0.1) is 11.4 Å². The second-order valence-corrected chi connectivity index (χ2v) is 6.77. The molecular formula is C10H13BrFNO2S. The molecular weight excluding hydrogens is 297 g/mol. The maximum absolute atomic E-state index is 13.4. The summed E-state index contributed by atoms with van der Waals surface area (Å²) in [5, 5.41) is 2.83. The zero-order chi connectivity index (χ0) is 12.3. The Kier molecular flexibility index (Phi) is 4.32. The zero-order valence-electron chi connectivity index (χ0n) is 9.00. The number of nitrogens with one attached hydrogen (secondary N) is 1. The van der Waals surface area contributed by atoms with Gasteiger partial charge in [0.2, 0.25) is 0 Å². The number of hydrogen-bond donors (Lipinski definition) is 1. The Bertz CT molecular complexity index is 455. The molecule has 0 aliphatic rings. The molecule has 3 nitrogen and oxygen atoms in total. The van der Waals surface area contributed by atoms with Crippen LogP contribution in [0.1, 0.15) is 6.92 Å². The molecule has 1 N–H and O–H groups in total. The Morgan fingerprint density at radius 3 is 2.62 bits per heavy atom. The lowest BCUT2D eigenvalue weighted by Gasteiger charge is -2.15. The predicted molar refractivity (Wildman–Crippen MR) is 66.9 cm³/mol. The van der Waals surface area contributed by atoms with Crippen LogP contribution < -0.4 is 5.32 Å². The van der Waals surface area contributed by atoms with Crippen LogP contribution in [-0.4, -0.2) is 26.5 Å². The molecule has 0 aromatic heterocycles. The highest BCUT2D eigenvalue weighted by atomic mass is 79.9. The molecule has 6 heteroatoms. The van der Waals surface area contributed by atoms with Gasteiger partial charge in [-0.05, 0) is 35.0 Å². The van der Waals surface area contributed by atoms with Gasteiger partial charge in [0.25, 0.3) is 0 Å². The number of anilines is 1. The molecule has 0 bridgehead atoms. The Morgan fingerprint density at radius 2 is 2.12 bits per heavy atom. The van der Waals surface area contributed by atoms with Gasteiger partial charge in [-0.2, -0.15) is 0 Å². The van der Waals surface area contributed by atoms with E-state index in [1.165, 1.54) is 6.07 Å². The highest BCUT2D eigenvalue weighted by molar-refractivity contribution is 9.10. The molecule has 1 rings (SSSR count). The number of hydrogen-bond acceptors (Lipinski definition) is 3. The number of halogens is 2. The molecule has 90 valence electrons. The second kappa shape index (κ2) is 5.14. The molecule has 0 aliphatic carbocycles. The van der Waals surface area contributed by atoms with Crippen molar-refractivity contribution in [1.29, 1.82) is 0 Å². The van der Waals surface area contributed by atoms with Gasteiger partial charge < -0.3 is 5.32 Å². The first-order valence-corrected chi connectivity index (χ1v) is 7.53. The third-order valence-electron chi connectivity index (χ3n) is 1.91. The third-order valence-corrected chi connectivity index (χ3v) is 3.67. The van der Waals surface area contributed by atoms with Crippen LogP contribution in [0, 0.1) is 5.82 Å². The lowest BCUT2D eigenvalue weighted by Crippen LogP contribution is -2.25. The number of sulfone groups is 1. The van der Waals surface area contributed by atoms with Crippen molar-refractivity contribution < 1.29 is 12.8 Å². The van der Waals surface area contributed by atoms with Crippen LogP contribution >= 0.6 is 15.9 Å². The lowest BCUT2D eigenvalue weighted by molar-refractivity contribution is 0.596. The van der Waals surface area contributed by atoms with Crippen molar-refractivity contribution in [2.24, 2.45) is 0 Å².